The van der Waals surface area contributed by atoms with E-state index < -0.39 is 82.0 Å². The Balaban J connectivity index is 0.000000204. The number of hydrogen-bond donors (Lipinski definition) is 7. The number of para-hydroxylation sites is 2. The molecule has 2 spiro atoms. The number of oxazole rings is 4. The van der Waals surface area contributed by atoms with E-state index in [0.29, 0.717) is 34.4 Å². The van der Waals surface area contributed by atoms with Crippen molar-refractivity contribution in [1.29, 1.82) is 0 Å². The minimum absolute atomic E-state index is 0. The Kier molecular flexibility index (Phi) is 18.3. The zero-order valence-corrected chi connectivity index (χ0v) is 55.7. The van der Waals surface area contributed by atoms with Gasteiger partial charge in [0.15, 0.2) is 52.6 Å². The van der Waals surface area contributed by atoms with E-state index >= 15 is 0 Å². The maximum absolute atomic E-state index is 14.2. The monoisotopic (exact) mass is 1300 g/mol. The van der Waals surface area contributed by atoms with Gasteiger partial charge in [0, 0.05) is 55.6 Å². The number of carbonyl (C=O) groups excluding carboxylic acids is 5. The van der Waals surface area contributed by atoms with E-state index in [4.69, 9.17) is 41.8 Å². The molecular formula is C71H77BLiN8O15. The van der Waals surface area contributed by atoms with E-state index in [1.807, 2.05) is 126 Å². The number of esters is 1. The van der Waals surface area contributed by atoms with Crippen LogP contribution in [0.5, 0.6) is 11.5 Å². The molecule has 8 unspecified atom stereocenters. The smallest absolute Gasteiger partial charge is 1.00 e. The van der Waals surface area contributed by atoms with Gasteiger partial charge in [0.2, 0.25) is 35.4 Å². The molecule has 4 aromatic carbocycles. The Labute approximate surface area is 569 Å². The number of carbonyl (C=O) groups is 5. The molecule has 495 valence electrons. The van der Waals surface area contributed by atoms with Crippen molar-refractivity contribution in [3.05, 3.63) is 166 Å². The third-order valence-electron chi connectivity index (χ3n) is 18.8. The van der Waals surface area contributed by atoms with Crippen molar-refractivity contribution < 1.29 is 91.5 Å². The number of aromatic nitrogens is 4. The first-order valence-electron chi connectivity index (χ1n) is 31.7. The molecule has 0 saturated heterocycles. The molecule has 8 bridgehead atoms. The van der Waals surface area contributed by atoms with Crippen LogP contribution in [0.1, 0.15) is 168 Å². The van der Waals surface area contributed by atoms with Gasteiger partial charge in [-0.25, -0.2) is 24.7 Å². The number of ether oxygens (including phenoxy) is 3. The van der Waals surface area contributed by atoms with E-state index in [9.17, 15) is 39.3 Å². The van der Waals surface area contributed by atoms with Crippen molar-refractivity contribution in [2.45, 2.75) is 149 Å². The number of benzene rings is 4. The van der Waals surface area contributed by atoms with Crippen LogP contribution >= 0.6 is 0 Å². The van der Waals surface area contributed by atoms with Crippen LogP contribution in [0.25, 0.3) is 23.2 Å². The van der Waals surface area contributed by atoms with E-state index in [2.05, 4.69) is 31.2 Å². The molecule has 96 heavy (non-hydrogen) atoms. The number of ketones is 2. The number of aliphatic hydroxyl groups excluding tert-OH is 3. The van der Waals surface area contributed by atoms with Gasteiger partial charge in [-0.15, -0.1) is 0 Å². The maximum Gasteiger partial charge on any atom is 1.00 e. The van der Waals surface area contributed by atoms with Gasteiger partial charge in [0.1, 0.15) is 64.8 Å². The Morgan fingerprint density at radius 2 is 1.04 bits per heavy atom. The first-order valence-corrected chi connectivity index (χ1v) is 31.7. The Bertz CT molecular complexity index is 4340. The maximum atomic E-state index is 14.2. The largest absolute Gasteiger partial charge is 1.00 e. The summed E-state index contributed by atoms with van der Waals surface area (Å²) < 4.78 is 43.4. The Hall–Kier alpha value is -8.79. The van der Waals surface area contributed by atoms with Crippen LogP contribution in [0.2, 0.25) is 0 Å². The first kappa shape index (κ1) is 68.6. The molecule has 0 fully saturated rings. The number of nitrogens with one attached hydrogen (secondary N) is 4. The van der Waals surface area contributed by atoms with Crippen LogP contribution in [-0.4, -0.2) is 105 Å². The van der Waals surface area contributed by atoms with Crippen LogP contribution in [0.3, 0.4) is 0 Å². The number of Topliss-reactive ketones (excluding diaryl/α,β-unsaturated/α-hetero) is 2. The molecule has 2 amide bonds. The molecule has 4 aromatic heterocycles. The second kappa shape index (κ2) is 25.7. The summed E-state index contributed by atoms with van der Waals surface area (Å²) in [6.45, 7) is 18.5. The molecule has 10 heterocycles. The summed E-state index contributed by atoms with van der Waals surface area (Å²) in [4.78, 5) is 85.9. The van der Waals surface area contributed by atoms with E-state index in [1.54, 1.807) is 27.7 Å². The van der Waals surface area contributed by atoms with Gasteiger partial charge in [-0.2, -0.15) is 0 Å². The number of nitrogens with zero attached hydrogens (tertiary/aromatic N) is 4. The third-order valence-corrected chi connectivity index (χ3v) is 18.8. The molecule has 7 N–H and O–H groups in total. The zero-order chi connectivity index (χ0) is 66.7. The van der Waals surface area contributed by atoms with Crippen molar-refractivity contribution in [2.75, 3.05) is 17.7 Å². The van der Waals surface area contributed by atoms with Crippen molar-refractivity contribution in [2.24, 2.45) is 34.5 Å². The quantitative estimate of drug-likeness (QED) is 0.0518. The number of methoxy groups -OCH3 is 1. The summed E-state index contributed by atoms with van der Waals surface area (Å²) in [6.07, 6.45) is -0.813. The van der Waals surface area contributed by atoms with Crippen molar-refractivity contribution in [1.82, 2.24) is 30.6 Å². The Morgan fingerprint density at radius 3 is 1.45 bits per heavy atom. The average molecular weight is 1300 g/mol. The van der Waals surface area contributed by atoms with Gasteiger partial charge in [-0.1, -0.05) is 130 Å². The first-order chi connectivity index (χ1) is 44.7. The minimum atomic E-state index is -1.19. The molecule has 3 radical (unpaired) electrons. The number of hydrogen-bond acceptors (Lipinski definition) is 21. The molecule has 23 nitrogen and oxygen atoms in total. The molecule has 6 aliphatic rings. The van der Waals surface area contributed by atoms with Gasteiger partial charge >= 0.3 is 24.8 Å². The van der Waals surface area contributed by atoms with Crippen LogP contribution in [0, 0.1) is 34.5 Å². The summed E-state index contributed by atoms with van der Waals surface area (Å²) in [5.41, 5.74) is 4.24. The standard InChI is InChI=1S/C36H38N4O8.C35H38N4O7.B.Li.H/c1-17(2)27(42)24(41)15-19-13-18-11-12-25-21(14-18)36(20-9-7-8-10-22(20)38-34(36)47-25)29-26(31-37-23(16-46-31)33(44)45-6)39-32(48-29)28(35(3,4)5)40-30(19)43;1-17(2)27(42)24(41)14-19-12-18-10-11-25-22(13-18)35(21-8-6-7-9-23(21)37-33(35)45-25)29-26(31-36-20(15-40)16-44-31)38-32(46-29)28(34(3,4)5)39-30(19)43;;;/h7-12,14,16-17,19,27-28,34,38,42H,13,15H2,1-6H3,(H,40,43);6-11,13,16-17,19,27-28,33,37,40,42H,12,14-15H2,1-5H3,(H,39,43);;;/q;;;+1;-1/t19?,27?,28?,34-,36?;19?,27?,28?,33-,35?;;;/m11.../s1. The van der Waals surface area contributed by atoms with E-state index in [0.717, 1.165) is 44.8 Å². The molecule has 0 aliphatic carbocycles. The van der Waals surface area contributed by atoms with E-state index in [1.165, 1.54) is 19.6 Å². The molecule has 0 saturated carbocycles. The summed E-state index contributed by atoms with van der Waals surface area (Å²) >= 11 is 0. The van der Waals surface area contributed by atoms with Crippen molar-refractivity contribution in [3.8, 4) is 34.7 Å². The predicted octanol–water partition coefficient (Wildman–Crippen LogP) is 6.33. The van der Waals surface area contributed by atoms with Gasteiger partial charge in [0.05, 0.1) is 13.7 Å². The second-order valence-corrected chi connectivity index (χ2v) is 28.1. The average Bonchev–Trinajstić information content (AvgIpc) is 1.53. The Morgan fingerprint density at radius 1 is 0.615 bits per heavy atom. The zero-order valence-electron chi connectivity index (χ0n) is 56.7. The van der Waals surface area contributed by atoms with Gasteiger partial charge in [0.25, 0.3) is 0 Å². The molecule has 14 rings (SSSR count). The predicted molar refractivity (Wildman–Crippen MR) is 346 cm³/mol. The molecule has 10 atom stereocenters. The summed E-state index contributed by atoms with van der Waals surface area (Å²) in [7, 11) is 1.26. The normalized spacial score (nSPS) is 23.0. The van der Waals surface area contributed by atoms with Gasteiger partial charge in [-0.3, -0.25) is 19.2 Å². The van der Waals surface area contributed by atoms with Crippen molar-refractivity contribution >= 4 is 49.1 Å². The second-order valence-electron chi connectivity index (χ2n) is 28.1. The number of amides is 2. The van der Waals surface area contributed by atoms with Gasteiger partial charge < -0.3 is 69.9 Å². The third kappa shape index (κ3) is 11.5. The van der Waals surface area contributed by atoms with Crippen LogP contribution < -0.4 is 49.6 Å². The SMILES string of the molecule is CC(C)C(O)C(=O)CC1Cc2ccc3c(c2)C2(c4ccccc4N[C@@H]2O3)c2oc(nc2-c2nc(CO)co2)C(C(C)(C)C)NC1=O.COC(=O)c1coc(-c2nc3oc2C24c5ccccc5N[C@@H]2Oc2ccc(cc24)CC(CC(=O)C(O)C(C)C)C(=O)NC3C(C)(C)C)n1.[B].[H-].[Li+]. The number of aliphatic hydroxyl groups is 3. The number of anilines is 2. The molecule has 25 heteroatoms. The summed E-state index contributed by atoms with van der Waals surface area (Å²) in [5, 5.41) is 44.3. The van der Waals surface area contributed by atoms with Crippen LogP contribution in [-0.2, 0) is 54.2 Å². The van der Waals surface area contributed by atoms with E-state index in [-0.39, 0.29) is 125 Å². The van der Waals surface area contributed by atoms with Crippen LogP contribution in [0.15, 0.2) is 115 Å². The van der Waals surface area contributed by atoms with Crippen LogP contribution in [0.4, 0.5) is 11.4 Å². The molecule has 6 aliphatic heterocycles. The molecule has 8 aromatic rings. The fourth-order valence-corrected chi connectivity index (χ4v) is 13.9. The number of fused-ring (bicyclic) bond motifs is 8. The fourth-order valence-electron chi connectivity index (χ4n) is 13.9. The summed E-state index contributed by atoms with van der Waals surface area (Å²) in [5.74, 6) is -1.64. The minimum Gasteiger partial charge on any atom is -1.00 e. The van der Waals surface area contributed by atoms with Gasteiger partial charge in [-0.05, 0) is 82.0 Å². The molecular weight excluding hydrogens is 1220 g/mol. The summed E-state index contributed by atoms with van der Waals surface area (Å²) in [6, 6.07) is 25.8. The number of rotatable bonds is 12. The van der Waals surface area contributed by atoms with Crippen molar-refractivity contribution in [3.63, 3.8) is 0 Å². The fraction of sp³-hybridized carbons (Fsp3) is 0.423. The topological polar surface area (TPSA) is 326 Å².